The predicted molar refractivity (Wildman–Crippen MR) is 69.5 cm³/mol. The molecule has 0 atom stereocenters. The number of anilines is 2. The number of nitrogens with one attached hydrogen (secondary N) is 1. The summed E-state index contributed by atoms with van der Waals surface area (Å²) in [6.07, 6.45) is 0. The molecule has 0 saturated carbocycles. The fourth-order valence-corrected chi connectivity index (χ4v) is 2.18. The average Bonchev–Trinajstić information content (AvgIpc) is 2.27. The molecule has 1 aromatic rings. The van der Waals surface area contributed by atoms with E-state index in [4.69, 9.17) is 5.11 Å². The third-order valence-electron chi connectivity index (χ3n) is 2.56. The summed E-state index contributed by atoms with van der Waals surface area (Å²) in [4.78, 5) is 1.95. The first-order chi connectivity index (χ1) is 8.37. The Bertz CT molecular complexity index is 507. The van der Waals surface area contributed by atoms with E-state index in [9.17, 15) is 13.0 Å². The molecular weight excluding hydrogens is 279 g/mol. The molecule has 0 aliphatic rings. The van der Waals surface area contributed by atoms with E-state index in [1.807, 2.05) is 16.5 Å². The molecule has 0 radical (unpaired) electrons. The van der Waals surface area contributed by atoms with Crippen molar-refractivity contribution in [3.8, 4) is 0 Å². The minimum atomic E-state index is -4.50. The Kier molecular flexibility index (Phi) is 7.95. The van der Waals surface area contributed by atoms with Crippen molar-refractivity contribution in [3.63, 3.8) is 0 Å². The van der Waals surface area contributed by atoms with E-state index in [-0.39, 0.29) is 41.9 Å². The van der Waals surface area contributed by atoms with Crippen molar-refractivity contribution in [1.82, 2.24) is 0 Å². The number of benzene rings is 1. The van der Waals surface area contributed by atoms with Gasteiger partial charge in [0.2, 0.25) is 0 Å². The van der Waals surface area contributed by atoms with Gasteiger partial charge in [-0.25, -0.2) is 8.42 Å². The van der Waals surface area contributed by atoms with E-state index in [0.717, 1.165) is 12.2 Å². The van der Waals surface area contributed by atoms with Crippen LogP contribution >= 0.6 is 0 Å². The van der Waals surface area contributed by atoms with Gasteiger partial charge in [0, 0.05) is 18.8 Å². The number of rotatable bonds is 6. The van der Waals surface area contributed by atoms with Crippen LogP contribution in [-0.4, -0.2) is 37.8 Å². The largest absolute Gasteiger partial charge is 1.00 e. The van der Waals surface area contributed by atoms with Crippen LogP contribution in [0.3, 0.4) is 0 Å². The zero-order valence-corrected chi connectivity index (χ0v) is 14.2. The Balaban J connectivity index is 0.00000324. The molecule has 8 heteroatoms. The summed E-state index contributed by atoms with van der Waals surface area (Å²) in [5.41, 5.74) is 1.80. The number of aryl methyl sites for hydroxylation is 1. The van der Waals surface area contributed by atoms with E-state index in [1.54, 1.807) is 25.1 Å². The molecule has 0 aromatic heterocycles. The SMILES string of the molecule is CCN(CCO)c1ccc(NS(=O)(=O)[O-])c(C)c1.[Na+]. The predicted octanol–water partition coefficient (Wildman–Crippen LogP) is -2.31. The number of hydrogen-bond acceptors (Lipinski definition) is 5. The number of aliphatic hydroxyl groups excluding tert-OH is 1. The van der Waals surface area contributed by atoms with Crippen LogP contribution in [0, 0.1) is 6.92 Å². The third-order valence-corrected chi connectivity index (χ3v) is 3.03. The maximum absolute atomic E-state index is 10.6. The first-order valence-corrected chi connectivity index (χ1v) is 6.98. The van der Waals surface area contributed by atoms with Crippen LogP contribution in [0.5, 0.6) is 0 Å². The average molecular weight is 296 g/mol. The monoisotopic (exact) mass is 296 g/mol. The molecular formula is C11H17N2NaO4S. The molecule has 0 aliphatic heterocycles. The van der Waals surface area contributed by atoms with Crippen molar-refractivity contribution >= 4 is 21.7 Å². The number of likely N-dealkylation sites (N-methyl/N-ethyl adjacent to an activating group) is 1. The van der Waals surface area contributed by atoms with Crippen LogP contribution < -0.4 is 39.2 Å². The minimum Gasteiger partial charge on any atom is -0.731 e. The summed E-state index contributed by atoms with van der Waals surface area (Å²) in [5.74, 6) is 0. The van der Waals surface area contributed by atoms with Gasteiger partial charge < -0.3 is 14.6 Å². The van der Waals surface area contributed by atoms with Crippen molar-refractivity contribution in [2.45, 2.75) is 13.8 Å². The summed E-state index contributed by atoms with van der Waals surface area (Å²) < 4.78 is 33.8. The number of aliphatic hydroxyl groups is 1. The Morgan fingerprint density at radius 3 is 2.47 bits per heavy atom. The number of nitrogens with zero attached hydrogens (tertiary/aromatic N) is 1. The van der Waals surface area contributed by atoms with E-state index >= 15 is 0 Å². The first kappa shape index (κ1) is 18.7. The number of hydrogen-bond donors (Lipinski definition) is 2. The summed E-state index contributed by atoms with van der Waals surface area (Å²) in [5, 5.41) is 8.93. The molecule has 1 rings (SSSR count). The second-order valence-corrected chi connectivity index (χ2v) is 4.97. The van der Waals surface area contributed by atoms with Gasteiger partial charge >= 0.3 is 29.6 Å². The topological polar surface area (TPSA) is 92.7 Å². The molecule has 102 valence electrons. The molecule has 0 bridgehead atoms. The van der Waals surface area contributed by atoms with Crippen LogP contribution in [0.2, 0.25) is 0 Å². The molecule has 2 N–H and O–H groups in total. The van der Waals surface area contributed by atoms with Crippen molar-refractivity contribution in [1.29, 1.82) is 0 Å². The van der Waals surface area contributed by atoms with Gasteiger partial charge in [-0.1, -0.05) is 0 Å². The van der Waals surface area contributed by atoms with Gasteiger partial charge in [-0.15, -0.1) is 0 Å². The van der Waals surface area contributed by atoms with Crippen LogP contribution in [0.1, 0.15) is 12.5 Å². The molecule has 0 amide bonds. The van der Waals surface area contributed by atoms with E-state index in [0.29, 0.717) is 12.1 Å². The van der Waals surface area contributed by atoms with Crippen LogP contribution in [0.15, 0.2) is 18.2 Å². The Hall–Kier alpha value is -0.310. The normalized spacial score (nSPS) is 10.7. The van der Waals surface area contributed by atoms with Gasteiger partial charge in [-0.2, -0.15) is 0 Å². The smallest absolute Gasteiger partial charge is 0.731 e. The van der Waals surface area contributed by atoms with Gasteiger partial charge in [0.05, 0.1) is 12.3 Å². The maximum atomic E-state index is 10.6. The van der Waals surface area contributed by atoms with Gasteiger partial charge in [0.1, 0.15) is 0 Å². The van der Waals surface area contributed by atoms with Crippen molar-refractivity contribution < 1.29 is 47.6 Å². The Morgan fingerprint density at radius 1 is 1.42 bits per heavy atom. The quantitative estimate of drug-likeness (QED) is 0.454. The summed E-state index contributed by atoms with van der Waals surface area (Å²) in [6, 6.07) is 5.02. The molecule has 0 fully saturated rings. The molecule has 0 spiro atoms. The third kappa shape index (κ3) is 6.11. The molecule has 6 nitrogen and oxygen atoms in total. The van der Waals surface area contributed by atoms with Gasteiger partial charge in [0.15, 0.2) is 10.3 Å². The molecule has 1 aromatic carbocycles. The van der Waals surface area contributed by atoms with E-state index < -0.39 is 10.3 Å². The molecule has 0 heterocycles. The Labute approximate surface area is 136 Å². The second kappa shape index (κ2) is 8.08. The fraction of sp³-hybridized carbons (Fsp3) is 0.455. The summed E-state index contributed by atoms with van der Waals surface area (Å²) >= 11 is 0. The zero-order chi connectivity index (χ0) is 13.8. The van der Waals surface area contributed by atoms with E-state index in [2.05, 4.69) is 0 Å². The standard InChI is InChI=1S/C11H18N2O4S.Na/c1-3-13(6-7-14)10-4-5-11(9(2)8-10)12-18(15,16)17;/h4-5,8,12,14H,3,6-7H2,1-2H3,(H,15,16,17);/q;+1/p-1. The van der Waals surface area contributed by atoms with Gasteiger partial charge in [-0.05, 0) is 37.6 Å². The minimum absolute atomic E-state index is 0. The second-order valence-electron chi connectivity index (χ2n) is 3.86. The van der Waals surface area contributed by atoms with Gasteiger partial charge in [-0.3, -0.25) is 4.72 Å². The maximum Gasteiger partial charge on any atom is 1.00 e. The zero-order valence-electron chi connectivity index (χ0n) is 11.4. The van der Waals surface area contributed by atoms with Gasteiger partial charge in [0.25, 0.3) is 0 Å². The van der Waals surface area contributed by atoms with Crippen molar-refractivity contribution in [2.75, 3.05) is 29.3 Å². The summed E-state index contributed by atoms with van der Waals surface area (Å²) in [7, 11) is -4.50. The first-order valence-electron chi connectivity index (χ1n) is 5.57. The Morgan fingerprint density at radius 2 is 2.05 bits per heavy atom. The van der Waals surface area contributed by atoms with Crippen LogP contribution in [0.4, 0.5) is 11.4 Å². The summed E-state index contributed by atoms with van der Waals surface area (Å²) in [6.45, 7) is 4.94. The molecule has 0 unspecified atom stereocenters. The van der Waals surface area contributed by atoms with E-state index in [1.165, 1.54) is 0 Å². The van der Waals surface area contributed by atoms with Crippen molar-refractivity contribution in [3.05, 3.63) is 23.8 Å². The van der Waals surface area contributed by atoms with Crippen molar-refractivity contribution in [2.24, 2.45) is 0 Å². The van der Waals surface area contributed by atoms with Crippen LogP contribution in [0.25, 0.3) is 0 Å². The molecule has 19 heavy (non-hydrogen) atoms. The fourth-order valence-electron chi connectivity index (χ4n) is 1.68. The van der Waals surface area contributed by atoms with Crippen LogP contribution in [-0.2, 0) is 10.3 Å². The molecule has 0 saturated heterocycles. The molecule has 0 aliphatic carbocycles.